The van der Waals surface area contributed by atoms with Gasteiger partial charge in [-0.3, -0.25) is 4.79 Å². The Labute approximate surface area is 142 Å². The minimum Gasteiger partial charge on any atom is -0.484 e. The van der Waals surface area contributed by atoms with E-state index >= 15 is 0 Å². The third kappa shape index (κ3) is 6.05. The lowest BCUT2D eigenvalue weighted by Gasteiger charge is -2.06. The molecule has 0 heterocycles. The first-order valence-corrected chi connectivity index (χ1v) is 7.75. The van der Waals surface area contributed by atoms with Crippen molar-refractivity contribution in [2.75, 3.05) is 19.8 Å². The Kier molecular flexibility index (Phi) is 6.73. The molecule has 1 amide bonds. The first kappa shape index (κ1) is 17.4. The lowest BCUT2D eigenvalue weighted by Crippen LogP contribution is -2.29. The maximum Gasteiger partial charge on any atom is 0.258 e. The molecule has 0 unspecified atom stereocenters. The Morgan fingerprint density at radius 1 is 1.00 bits per heavy atom. The Balaban J connectivity index is 1.62. The molecule has 4 heteroatoms. The van der Waals surface area contributed by atoms with E-state index in [-0.39, 0.29) is 19.1 Å². The van der Waals surface area contributed by atoms with E-state index in [1.54, 1.807) is 0 Å². The number of rotatable bonds is 6. The summed E-state index contributed by atoms with van der Waals surface area (Å²) in [5.41, 5.74) is 2.22. The summed E-state index contributed by atoms with van der Waals surface area (Å²) in [4.78, 5) is 11.6. The SMILES string of the molecule is Cc1ccc(OCC(=O)NCC#CCOc2ccccc2C)cc1. The average Bonchev–Trinajstić information content (AvgIpc) is 2.59. The minimum atomic E-state index is -0.204. The second kappa shape index (κ2) is 9.26. The van der Waals surface area contributed by atoms with Gasteiger partial charge in [-0.2, -0.15) is 0 Å². The van der Waals surface area contributed by atoms with Crippen molar-refractivity contribution in [3.05, 3.63) is 59.7 Å². The molecule has 0 atom stereocenters. The van der Waals surface area contributed by atoms with Crippen LogP contribution in [-0.2, 0) is 4.79 Å². The third-order valence-electron chi connectivity index (χ3n) is 3.28. The predicted octanol–water partition coefficient (Wildman–Crippen LogP) is 2.88. The molecule has 0 saturated heterocycles. The Morgan fingerprint density at radius 2 is 1.75 bits per heavy atom. The van der Waals surface area contributed by atoms with Crippen molar-refractivity contribution in [3.63, 3.8) is 0 Å². The molecule has 0 aliphatic rings. The van der Waals surface area contributed by atoms with Crippen LogP contribution in [0.3, 0.4) is 0 Å². The number of para-hydroxylation sites is 1. The monoisotopic (exact) mass is 323 g/mol. The number of hydrogen-bond acceptors (Lipinski definition) is 3. The molecule has 0 radical (unpaired) electrons. The molecule has 1 N–H and O–H groups in total. The van der Waals surface area contributed by atoms with E-state index in [1.165, 1.54) is 0 Å². The van der Waals surface area contributed by atoms with Gasteiger partial charge in [0, 0.05) is 0 Å². The summed E-state index contributed by atoms with van der Waals surface area (Å²) in [7, 11) is 0. The molecule has 2 rings (SSSR count). The summed E-state index contributed by atoms with van der Waals surface area (Å²) in [6.07, 6.45) is 0. The van der Waals surface area contributed by atoms with Gasteiger partial charge in [-0.05, 0) is 37.6 Å². The summed E-state index contributed by atoms with van der Waals surface area (Å²) < 4.78 is 10.9. The molecular formula is C20H21NO3. The topological polar surface area (TPSA) is 47.6 Å². The molecule has 0 spiro atoms. The van der Waals surface area contributed by atoms with Crippen LogP contribution in [-0.4, -0.2) is 25.7 Å². The first-order valence-electron chi connectivity index (χ1n) is 7.75. The number of carbonyl (C=O) groups is 1. The summed E-state index contributed by atoms with van der Waals surface area (Å²) in [5, 5.41) is 2.68. The standard InChI is InChI=1S/C20H21NO3/c1-16-9-11-18(12-10-16)24-15-20(22)21-13-5-6-14-23-19-8-4-3-7-17(19)2/h3-4,7-12H,13-15H2,1-2H3,(H,21,22). The van der Waals surface area contributed by atoms with Gasteiger partial charge in [0.15, 0.2) is 6.61 Å². The maximum absolute atomic E-state index is 11.6. The lowest BCUT2D eigenvalue weighted by atomic mass is 10.2. The summed E-state index contributed by atoms with van der Waals surface area (Å²) in [6.45, 7) is 4.52. The number of benzene rings is 2. The molecule has 0 aromatic heterocycles. The van der Waals surface area contributed by atoms with Crippen molar-refractivity contribution in [2.45, 2.75) is 13.8 Å². The van der Waals surface area contributed by atoms with Crippen molar-refractivity contribution in [2.24, 2.45) is 0 Å². The van der Waals surface area contributed by atoms with Gasteiger partial charge in [0.1, 0.15) is 18.1 Å². The smallest absolute Gasteiger partial charge is 0.258 e. The van der Waals surface area contributed by atoms with E-state index in [0.717, 1.165) is 16.9 Å². The fourth-order valence-corrected chi connectivity index (χ4v) is 1.92. The van der Waals surface area contributed by atoms with Crippen LogP contribution >= 0.6 is 0 Å². The molecule has 124 valence electrons. The number of aryl methyl sites for hydroxylation is 2. The maximum atomic E-state index is 11.6. The summed E-state index contributed by atoms with van der Waals surface area (Å²) >= 11 is 0. The zero-order valence-corrected chi connectivity index (χ0v) is 14.0. The van der Waals surface area contributed by atoms with Crippen LogP contribution in [0.2, 0.25) is 0 Å². The third-order valence-corrected chi connectivity index (χ3v) is 3.28. The van der Waals surface area contributed by atoms with E-state index < -0.39 is 0 Å². The molecule has 0 fully saturated rings. The Bertz CT molecular complexity index is 727. The molecular weight excluding hydrogens is 302 g/mol. The van der Waals surface area contributed by atoms with Gasteiger partial charge in [-0.25, -0.2) is 0 Å². The minimum absolute atomic E-state index is 0.0234. The van der Waals surface area contributed by atoms with Gasteiger partial charge < -0.3 is 14.8 Å². The van der Waals surface area contributed by atoms with E-state index in [1.807, 2.05) is 62.4 Å². The van der Waals surface area contributed by atoms with Crippen LogP contribution in [0.1, 0.15) is 11.1 Å². The number of nitrogens with one attached hydrogen (secondary N) is 1. The quantitative estimate of drug-likeness (QED) is 0.832. The molecule has 2 aromatic carbocycles. The number of ether oxygens (including phenoxy) is 2. The van der Waals surface area contributed by atoms with E-state index in [9.17, 15) is 4.79 Å². The van der Waals surface area contributed by atoms with E-state index in [2.05, 4.69) is 17.2 Å². The van der Waals surface area contributed by atoms with Crippen LogP contribution in [0.5, 0.6) is 11.5 Å². The first-order chi connectivity index (χ1) is 11.6. The number of hydrogen-bond donors (Lipinski definition) is 1. The lowest BCUT2D eigenvalue weighted by molar-refractivity contribution is -0.122. The van der Waals surface area contributed by atoms with Gasteiger partial charge in [0.2, 0.25) is 0 Å². The Morgan fingerprint density at radius 3 is 2.50 bits per heavy atom. The van der Waals surface area contributed by atoms with Crippen molar-refractivity contribution >= 4 is 5.91 Å². The molecule has 0 aliphatic heterocycles. The summed E-state index contributed by atoms with van der Waals surface area (Å²) in [5.74, 6) is 7.01. The highest BCUT2D eigenvalue weighted by molar-refractivity contribution is 5.77. The fraction of sp³-hybridized carbons (Fsp3) is 0.250. The normalized spacial score (nSPS) is 9.58. The van der Waals surface area contributed by atoms with Crippen LogP contribution in [0, 0.1) is 25.7 Å². The number of carbonyl (C=O) groups excluding carboxylic acids is 1. The molecule has 24 heavy (non-hydrogen) atoms. The highest BCUT2D eigenvalue weighted by Crippen LogP contribution is 2.15. The van der Waals surface area contributed by atoms with Crippen LogP contribution in [0.25, 0.3) is 0 Å². The van der Waals surface area contributed by atoms with Crippen LogP contribution in [0.15, 0.2) is 48.5 Å². The highest BCUT2D eigenvalue weighted by atomic mass is 16.5. The highest BCUT2D eigenvalue weighted by Gasteiger charge is 2.01. The molecule has 0 saturated carbocycles. The van der Waals surface area contributed by atoms with Crippen molar-refractivity contribution in [1.29, 1.82) is 0 Å². The van der Waals surface area contributed by atoms with E-state index in [0.29, 0.717) is 12.4 Å². The second-order valence-corrected chi connectivity index (χ2v) is 5.29. The van der Waals surface area contributed by atoms with Gasteiger partial charge in [-0.15, -0.1) is 0 Å². The van der Waals surface area contributed by atoms with Gasteiger partial charge in [0.25, 0.3) is 5.91 Å². The van der Waals surface area contributed by atoms with Crippen LogP contribution in [0.4, 0.5) is 0 Å². The van der Waals surface area contributed by atoms with Gasteiger partial charge in [-0.1, -0.05) is 47.7 Å². The fourth-order valence-electron chi connectivity index (χ4n) is 1.92. The largest absolute Gasteiger partial charge is 0.484 e. The van der Waals surface area contributed by atoms with Crippen molar-refractivity contribution in [3.8, 4) is 23.3 Å². The summed E-state index contributed by atoms with van der Waals surface area (Å²) in [6, 6.07) is 15.3. The van der Waals surface area contributed by atoms with Crippen LogP contribution < -0.4 is 14.8 Å². The van der Waals surface area contributed by atoms with E-state index in [4.69, 9.17) is 9.47 Å². The zero-order valence-electron chi connectivity index (χ0n) is 14.0. The molecule has 0 aliphatic carbocycles. The number of amides is 1. The predicted molar refractivity (Wildman–Crippen MR) is 94.1 cm³/mol. The Hall–Kier alpha value is -2.93. The van der Waals surface area contributed by atoms with Gasteiger partial charge >= 0.3 is 0 Å². The molecule has 2 aromatic rings. The second-order valence-electron chi connectivity index (χ2n) is 5.29. The van der Waals surface area contributed by atoms with Crippen molar-refractivity contribution < 1.29 is 14.3 Å². The average molecular weight is 323 g/mol. The molecule has 0 bridgehead atoms. The van der Waals surface area contributed by atoms with Gasteiger partial charge in [0.05, 0.1) is 6.54 Å². The van der Waals surface area contributed by atoms with Crippen molar-refractivity contribution in [1.82, 2.24) is 5.32 Å². The molecule has 4 nitrogen and oxygen atoms in total. The zero-order chi connectivity index (χ0) is 17.2.